The SMILES string of the molecule is CC(C)(C)OC(=O)N1CCCc2cc([B-](F)(F)F)ccc21.[K+]. The third kappa shape index (κ3) is 4.99. The Labute approximate surface area is 171 Å². The molecule has 0 radical (unpaired) electrons. The van der Waals surface area contributed by atoms with Crippen LogP contribution < -0.4 is 61.7 Å². The second kappa shape index (κ2) is 7.25. The van der Waals surface area contributed by atoms with Gasteiger partial charge in [0.05, 0.1) is 0 Å². The van der Waals surface area contributed by atoms with E-state index < -0.39 is 24.1 Å². The fourth-order valence-electron chi connectivity index (χ4n) is 2.33. The normalized spacial score (nSPS) is 14.9. The molecule has 116 valence electrons. The Morgan fingerprint density at radius 2 is 1.91 bits per heavy atom. The maximum absolute atomic E-state index is 12.8. The third-order valence-electron chi connectivity index (χ3n) is 3.21. The fraction of sp³-hybridized carbons (Fsp3) is 0.500. The van der Waals surface area contributed by atoms with E-state index in [2.05, 4.69) is 0 Å². The molecule has 3 nitrogen and oxygen atoms in total. The van der Waals surface area contributed by atoms with Gasteiger partial charge in [0.1, 0.15) is 5.60 Å². The Bertz CT molecular complexity index is 558. The number of carbonyl (C=O) groups excluding carboxylic acids is 1. The van der Waals surface area contributed by atoms with Crippen LogP contribution in [0.25, 0.3) is 0 Å². The molecule has 1 heterocycles. The molecule has 1 aromatic carbocycles. The zero-order valence-electron chi connectivity index (χ0n) is 13.3. The topological polar surface area (TPSA) is 29.5 Å². The standard InChI is InChI=1S/C14H18BF3NO2.K/c1-14(2,3)21-13(20)19-8-4-5-10-9-11(15(16,17)18)6-7-12(10)19;/h6-7,9H,4-5,8H2,1-3H3;/q-1;+1. The van der Waals surface area contributed by atoms with Crippen LogP contribution in [-0.2, 0) is 11.2 Å². The first-order valence-corrected chi connectivity index (χ1v) is 6.91. The van der Waals surface area contributed by atoms with Crippen molar-refractivity contribution in [3.63, 3.8) is 0 Å². The van der Waals surface area contributed by atoms with Crippen LogP contribution in [0.4, 0.5) is 23.4 Å². The Balaban J connectivity index is 0.00000242. The van der Waals surface area contributed by atoms with E-state index in [9.17, 15) is 17.7 Å². The summed E-state index contributed by atoms with van der Waals surface area (Å²) in [6, 6.07) is 3.54. The van der Waals surface area contributed by atoms with Crippen LogP contribution >= 0.6 is 0 Å². The number of hydrogen-bond acceptors (Lipinski definition) is 2. The molecular weight excluding hydrogens is 321 g/mol. The molecule has 0 saturated heterocycles. The van der Waals surface area contributed by atoms with Crippen molar-refractivity contribution in [2.45, 2.75) is 39.2 Å². The Hall–Kier alpha value is -0.0187. The Morgan fingerprint density at radius 1 is 1.27 bits per heavy atom. The molecule has 0 aromatic heterocycles. The van der Waals surface area contributed by atoms with Crippen molar-refractivity contribution in [3.8, 4) is 0 Å². The van der Waals surface area contributed by atoms with Crippen molar-refractivity contribution >= 4 is 24.2 Å². The first kappa shape index (κ1) is 20.0. The maximum Gasteiger partial charge on any atom is 1.00 e. The minimum Gasteiger partial charge on any atom is -0.445 e. The summed E-state index contributed by atoms with van der Waals surface area (Å²) in [5.74, 6) is 0. The average Bonchev–Trinajstić information content (AvgIpc) is 2.34. The number of anilines is 1. The number of halogens is 3. The van der Waals surface area contributed by atoms with Crippen LogP contribution in [0.15, 0.2) is 18.2 Å². The van der Waals surface area contributed by atoms with Crippen LogP contribution in [0, 0.1) is 0 Å². The van der Waals surface area contributed by atoms with Crippen molar-refractivity contribution in [1.29, 1.82) is 0 Å². The number of rotatable bonds is 1. The number of aryl methyl sites for hydroxylation is 1. The fourth-order valence-corrected chi connectivity index (χ4v) is 2.33. The summed E-state index contributed by atoms with van der Waals surface area (Å²) < 4.78 is 43.7. The van der Waals surface area contributed by atoms with E-state index in [1.165, 1.54) is 11.0 Å². The molecule has 8 heteroatoms. The maximum atomic E-state index is 12.8. The third-order valence-corrected chi connectivity index (χ3v) is 3.21. The summed E-state index contributed by atoms with van der Waals surface area (Å²) in [4.78, 5) is 13.6. The minimum atomic E-state index is -5.02. The van der Waals surface area contributed by atoms with Crippen molar-refractivity contribution in [2.75, 3.05) is 11.4 Å². The molecule has 0 unspecified atom stereocenters. The van der Waals surface area contributed by atoms with E-state index >= 15 is 0 Å². The summed E-state index contributed by atoms with van der Waals surface area (Å²) in [6.07, 6.45) is 0.642. The monoisotopic (exact) mass is 339 g/mol. The zero-order chi connectivity index (χ0) is 15.8. The smallest absolute Gasteiger partial charge is 0.445 e. The molecule has 0 aliphatic carbocycles. The first-order chi connectivity index (χ1) is 9.58. The van der Waals surface area contributed by atoms with Gasteiger partial charge in [-0.1, -0.05) is 12.1 Å². The van der Waals surface area contributed by atoms with Gasteiger partial charge in [-0.2, -0.15) is 0 Å². The van der Waals surface area contributed by atoms with Gasteiger partial charge >= 0.3 is 64.5 Å². The first-order valence-electron chi connectivity index (χ1n) is 6.91. The molecule has 0 fully saturated rings. The van der Waals surface area contributed by atoms with Gasteiger partial charge in [-0.15, -0.1) is 5.46 Å². The van der Waals surface area contributed by atoms with Gasteiger partial charge in [0, 0.05) is 12.2 Å². The van der Waals surface area contributed by atoms with Crippen molar-refractivity contribution < 1.29 is 73.9 Å². The van der Waals surface area contributed by atoms with Crippen molar-refractivity contribution in [2.24, 2.45) is 0 Å². The predicted molar refractivity (Wildman–Crippen MR) is 77.1 cm³/mol. The molecule has 22 heavy (non-hydrogen) atoms. The van der Waals surface area contributed by atoms with E-state index in [1.54, 1.807) is 20.8 Å². The van der Waals surface area contributed by atoms with E-state index in [0.717, 1.165) is 12.1 Å². The Kier molecular flexibility index (Phi) is 6.60. The molecule has 1 aromatic rings. The number of carbonyl (C=O) groups is 1. The van der Waals surface area contributed by atoms with Gasteiger partial charge in [0.15, 0.2) is 0 Å². The van der Waals surface area contributed by atoms with Gasteiger partial charge in [-0.3, -0.25) is 4.90 Å². The van der Waals surface area contributed by atoms with Crippen LogP contribution in [0.3, 0.4) is 0 Å². The van der Waals surface area contributed by atoms with Crippen LogP contribution in [0.2, 0.25) is 0 Å². The molecule has 1 aliphatic rings. The number of fused-ring (bicyclic) bond motifs is 1. The number of benzene rings is 1. The number of nitrogens with zero attached hydrogens (tertiary/aromatic N) is 1. The van der Waals surface area contributed by atoms with E-state index in [0.29, 0.717) is 30.6 Å². The van der Waals surface area contributed by atoms with Gasteiger partial charge in [-0.25, -0.2) is 4.79 Å². The second-order valence-electron chi connectivity index (χ2n) is 6.20. The molecule has 2 rings (SSSR count). The molecule has 0 saturated carbocycles. The molecule has 0 spiro atoms. The van der Waals surface area contributed by atoms with Crippen LogP contribution in [-0.4, -0.2) is 25.2 Å². The minimum absolute atomic E-state index is 0. The van der Waals surface area contributed by atoms with Crippen molar-refractivity contribution in [1.82, 2.24) is 0 Å². The number of hydrogen-bond donors (Lipinski definition) is 0. The quantitative estimate of drug-likeness (QED) is 0.695. The molecule has 0 bridgehead atoms. The second-order valence-corrected chi connectivity index (χ2v) is 6.20. The van der Waals surface area contributed by atoms with Gasteiger partial charge in [0.2, 0.25) is 0 Å². The largest absolute Gasteiger partial charge is 1.00 e. The van der Waals surface area contributed by atoms with Crippen molar-refractivity contribution in [3.05, 3.63) is 23.8 Å². The molecule has 0 atom stereocenters. The number of amides is 1. The van der Waals surface area contributed by atoms with E-state index in [-0.39, 0.29) is 51.4 Å². The van der Waals surface area contributed by atoms with Gasteiger partial charge < -0.3 is 17.7 Å². The van der Waals surface area contributed by atoms with Gasteiger partial charge in [-0.05, 0) is 45.2 Å². The van der Waals surface area contributed by atoms with E-state index in [1.807, 2.05) is 0 Å². The number of ether oxygens (including phenoxy) is 1. The molecular formula is C14H18BF3KNO2. The van der Waals surface area contributed by atoms with Crippen LogP contribution in [0.5, 0.6) is 0 Å². The van der Waals surface area contributed by atoms with Gasteiger partial charge in [0.25, 0.3) is 0 Å². The zero-order valence-corrected chi connectivity index (χ0v) is 16.5. The summed E-state index contributed by atoms with van der Waals surface area (Å²) in [5.41, 5.74) is -0.202. The average molecular weight is 339 g/mol. The molecule has 0 N–H and O–H groups in total. The summed E-state index contributed by atoms with van der Waals surface area (Å²) in [6.45, 7) is 0.701. The summed E-state index contributed by atoms with van der Waals surface area (Å²) >= 11 is 0. The predicted octanol–water partition coefficient (Wildman–Crippen LogP) is 0.433. The van der Waals surface area contributed by atoms with E-state index in [4.69, 9.17) is 4.74 Å². The molecule has 1 aliphatic heterocycles. The Morgan fingerprint density at radius 3 is 2.45 bits per heavy atom. The summed E-state index contributed by atoms with van der Waals surface area (Å²) in [5, 5.41) is 0. The molecule has 1 amide bonds. The van der Waals surface area contributed by atoms with Crippen LogP contribution in [0.1, 0.15) is 32.8 Å². The summed E-state index contributed by atoms with van der Waals surface area (Å²) in [7, 11) is 0.